The summed E-state index contributed by atoms with van der Waals surface area (Å²) in [6, 6.07) is 12.2. The first-order valence-electron chi connectivity index (χ1n) is 8.18. The zero-order chi connectivity index (χ0) is 16.5. The number of pyridine rings is 2. The van der Waals surface area contributed by atoms with Gasteiger partial charge in [0.1, 0.15) is 5.82 Å². The van der Waals surface area contributed by atoms with Crippen molar-refractivity contribution in [3.8, 4) is 11.3 Å². The Morgan fingerprint density at radius 1 is 1.08 bits per heavy atom. The maximum Gasteiger partial charge on any atom is 0.128 e. The van der Waals surface area contributed by atoms with Gasteiger partial charge in [-0.15, -0.1) is 0 Å². The van der Waals surface area contributed by atoms with Crippen LogP contribution in [0, 0.1) is 6.92 Å². The van der Waals surface area contributed by atoms with E-state index in [1.807, 2.05) is 43.5 Å². The topological polar surface area (TPSA) is 64.3 Å². The van der Waals surface area contributed by atoms with Crippen molar-refractivity contribution < 1.29 is 4.74 Å². The third-order valence-electron chi connectivity index (χ3n) is 4.56. The Morgan fingerprint density at radius 2 is 1.88 bits per heavy atom. The van der Waals surface area contributed by atoms with Crippen molar-refractivity contribution in [2.45, 2.75) is 6.92 Å². The van der Waals surface area contributed by atoms with Gasteiger partial charge in [-0.3, -0.25) is 0 Å². The van der Waals surface area contributed by atoms with Gasteiger partial charge in [0.2, 0.25) is 0 Å². The zero-order valence-corrected chi connectivity index (χ0v) is 13.7. The molecule has 1 saturated heterocycles. The number of nitrogens with zero attached hydrogens (tertiary/aromatic N) is 3. The first kappa shape index (κ1) is 14.9. The monoisotopic (exact) mass is 320 g/mol. The van der Waals surface area contributed by atoms with Crippen molar-refractivity contribution >= 4 is 22.4 Å². The Labute approximate surface area is 141 Å². The highest BCUT2D eigenvalue weighted by Crippen LogP contribution is 2.31. The molecule has 0 aliphatic carbocycles. The molecule has 24 heavy (non-hydrogen) atoms. The molecule has 1 aromatic carbocycles. The summed E-state index contributed by atoms with van der Waals surface area (Å²) < 4.78 is 5.39. The number of aromatic nitrogens is 2. The van der Waals surface area contributed by atoms with Gasteiger partial charge in [-0.2, -0.15) is 0 Å². The van der Waals surface area contributed by atoms with E-state index in [2.05, 4.69) is 16.0 Å². The van der Waals surface area contributed by atoms with Gasteiger partial charge in [-0.05, 0) is 30.7 Å². The summed E-state index contributed by atoms with van der Waals surface area (Å²) in [7, 11) is 0. The number of rotatable bonds is 2. The number of benzene rings is 1. The van der Waals surface area contributed by atoms with E-state index in [1.165, 1.54) is 0 Å². The van der Waals surface area contributed by atoms with E-state index >= 15 is 0 Å². The summed E-state index contributed by atoms with van der Waals surface area (Å²) in [5.41, 5.74) is 10.8. The van der Waals surface area contributed by atoms with E-state index in [1.54, 1.807) is 0 Å². The number of hydrogen-bond acceptors (Lipinski definition) is 5. The maximum absolute atomic E-state index is 6.34. The number of fused-ring (bicyclic) bond motifs is 1. The van der Waals surface area contributed by atoms with Crippen LogP contribution in [0.3, 0.4) is 0 Å². The molecule has 3 aromatic rings. The summed E-state index contributed by atoms with van der Waals surface area (Å²) in [4.78, 5) is 11.6. The minimum atomic E-state index is 0.717. The fourth-order valence-corrected chi connectivity index (χ4v) is 3.12. The molecule has 1 aliphatic rings. The highest BCUT2D eigenvalue weighted by atomic mass is 16.5. The van der Waals surface area contributed by atoms with E-state index in [0.29, 0.717) is 0 Å². The summed E-state index contributed by atoms with van der Waals surface area (Å²) >= 11 is 0. The molecule has 0 bridgehead atoms. The molecule has 5 nitrogen and oxygen atoms in total. The normalized spacial score (nSPS) is 15.0. The molecule has 2 aromatic heterocycles. The van der Waals surface area contributed by atoms with Crippen molar-refractivity contribution in [1.29, 1.82) is 0 Å². The van der Waals surface area contributed by atoms with E-state index in [9.17, 15) is 0 Å². The second-order valence-electron chi connectivity index (χ2n) is 6.02. The first-order chi connectivity index (χ1) is 11.7. The Bertz CT molecular complexity index is 870. The molecule has 4 rings (SSSR count). The van der Waals surface area contributed by atoms with Crippen LogP contribution in [0.2, 0.25) is 0 Å². The van der Waals surface area contributed by atoms with Gasteiger partial charge < -0.3 is 15.4 Å². The van der Waals surface area contributed by atoms with Gasteiger partial charge in [0.15, 0.2) is 0 Å². The van der Waals surface area contributed by atoms with E-state index in [-0.39, 0.29) is 0 Å². The second kappa shape index (κ2) is 6.09. The van der Waals surface area contributed by atoms with Gasteiger partial charge in [0.05, 0.1) is 30.1 Å². The lowest BCUT2D eigenvalue weighted by Crippen LogP contribution is -2.36. The second-order valence-corrected chi connectivity index (χ2v) is 6.02. The Morgan fingerprint density at radius 3 is 2.62 bits per heavy atom. The van der Waals surface area contributed by atoms with Crippen LogP contribution >= 0.6 is 0 Å². The van der Waals surface area contributed by atoms with Crippen LogP contribution in [0.1, 0.15) is 5.56 Å². The van der Waals surface area contributed by atoms with Crippen LogP contribution < -0.4 is 10.6 Å². The number of aryl methyl sites for hydroxylation is 1. The van der Waals surface area contributed by atoms with Crippen LogP contribution in [0.25, 0.3) is 22.2 Å². The molecule has 0 amide bonds. The van der Waals surface area contributed by atoms with Crippen molar-refractivity contribution in [2.75, 3.05) is 36.9 Å². The van der Waals surface area contributed by atoms with Crippen molar-refractivity contribution in [3.63, 3.8) is 0 Å². The number of hydrogen-bond donors (Lipinski definition) is 1. The molecule has 1 fully saturated rings. The largest absolute Gasteiger partial charge is 0.397 e. The van der Waals surface area contributed by atoms with Crippen molar-refractivity contribution in [2.24, 2.45) is 0 Å². The molecule has 1 aliphatic heterocycles. The lowest BCUT2D eigenvalue weighted by Gasteiger charge is -2.27. The Kier molecular flexibility index (Phi) is 3.78. The average Bonchev–Trinajstić information content (AvgIpc) is 2.66. The standard InChI is InChI=1S/C19H20N4O/c1-13-15-4-2-3-5-16(15)22-19(18(13)20)14-6-7-17(21-12-14)23-8-10-24-11-9-23/h2-7,12H,8-11,20H2,1H3. The molecule has 0 saturated carbocycles. The van der Waals surface area contributed by atoms with Crippen LogP contribution in [0.5, 0.6) is 0 Å². The number of anilines is 2. The number of ether oxygens (including phenoxy) is 1. The molecule has 0 radical (unpaired) electrons. The fourth-order valence-electron chi connectivity index (χ4n) is 3.12. The number of nitrogen functional groups attached to an aromatic ring is 1. The molecular weight excluding hydrogens is 300 g/mol. The SMILES string of the molecule is Cc1c(N)c(-c2ccc(N3CCOCC3)nc2)nc2ccccc12. The summed E-state index contributed by atoms with van der Waals surface area (Å²) in [6.45, 7) is 5.30. The number of para-hydroxylation sites is 1. The van der Waals surface area contributed by atoms with E-state index in [0.717, 1.165) is 65.5 Å². The number of morpholine rings is 1. The highest BCUT2D eigenvalue weighted by Gasteiger charge is 2.14. The lowest BCUT2D eigenvalue weighted by molar-refractivity contribution is 0.122. The predicted octanol–water partition coefficient (Wildman–Crippen LogP) is 3.02. The van der Waals surface area contributed by atoms with Gasteiger partial charge >= 0.3 is 0 Å². The van der Waals surface area contributed by atoms with Crippen LogP contribution in [-0.2, 0) is 4.74 Å². The van der Waals surface area contributed by atoms with Gasteiger partial charge in [0.25, 0.3) is 0 Å². The van der Waals surface area contributed by atoms with Crippen molar-refractivity contribution in [1.82, 2.24) is 9.97 Å². The van der Waals surface area contributed by atoms with Gasteiger partial charge in [-0.1, -0.05) is 18.2 Å². The predicted molar refractivity (Wildman–Crippen MR) is 97.2 cm³/mol. The fraction of sp³-hybridized carbons (Fsp3) is 0.263. The molecule has 5 heteroatoms. The van der Waals surface area contributed by atoms with E-state index < -0.39 is 0 Å². The summed E-state index contributed by atoms with van der Waals surface area (Å²) in [5, 5.41) is 1.09. The average molecular weight is 320 g/mol. The third-order valence-corrected chi connectivity index (χ3v) is 4.56. The third kappa shape index (κ3) is 2.57. The Hall–Kier alpha value is -2.66. The maximum atomic E-state index is 6.34. The molecule has 0 unspecified atom stereocenters. The van der Waals surface area contributed by atoms with Crippen molar-refractivity contribution in [3.05, 3.63) is 48.2 Å². The Balaban J connectivity index is 1.73. The zero-order valence-electron chi connectivity index (χ0n) is 13.7. The lowest BCUT2D eigenvalue weighted by atomic mass is 10.0. The minimum absolute atomic E-state index is 0.717. The molecule has 122 valence electrons. The van der Waals surface area contributed by atoms with Gasteiger partial charge in [0, 0.05) is 30.2 Å². The minimum Gasteiger partial charge on any atom is -0.397 e. The summed E-state index contributed by atoms with van der Waals surface area (Å²) in [6.07, 6.45) is 1.86. The molecule has 3 heterocycles. The molecule has 0 spiro atoms. The summed E-state index contributed by atoms with van der Waals surface area (Å²) in [5.74, 6) is 0.970. The van der Waals surface area contributed by atoms with Crippen LogP contribution in [0.4, 0.5) is 11.5 Å². The molecule has 2 N–H and O–H groups in total. The molecule has 0 atom stereocenters. The smallest absolute Gasteiger partial charge is 0.128 e. The highest BCUT2D eigenvalue weighted by molar-refractivity contribution is 5.92. The van der Waals surface area contributed by atoms with Gasteiger partial charge in [-0.25, -0.2) is 9.97 Å². The molecular formula is C19H20N4O. The van der Waals surface area contributed by atoms with Crippen LogP contribution in [-0.4, -0.2) is 36.3 Å². The van der Waals surface area contributed by atoms with E-state index in [4.69, 9.17) is 15.5 Å². The van der Waals surface area contributed by atoms with Crippen LogP contribution in [0.15, 0.2) is 42.6 Å². The first-order valence-corrected chi connectivity index (χ1v) is 8.18. The number of nitrogens with two attached hydrogens (primary N) is 1. The quantitative estimate of drug-likeness (QED) is 0.786.